The Labute approximate surface area is 111 Å². The highest BCUT2D eigenvalue weighted by molar-refractivity contribution is 7.92. The Hall–Kier alpha value is -1.56. The van der Waals surface area contributed by atoms with Crippen LogP contribution in [-0.2, 0) is 17.0 Å². The van der Waals surface area contributed by atoms with Gasteiger partial charge in [0.1, 0.15) is 0 Å². The van der Waals surface area contributed by atoms with Gasteiger partial charge < -0.3 is 0 Å². The molecule has 0 fully saturated rings. The van der Waals surface area contributed by atoms with Gasteiger partial charge in [-0.25, -0.2) is 8.42 Å². The van der Waals surface area contributed by atoms with Crippen molar-refractivity contribution in [3.63, 3.8) is 0 Å². The van der Waals surface area contributed by atoms with E-state index < -0.39 is 17.0 Å². The molecule has 0 amide bonds. The predicted octanol–water partition coefficient (Wildman–Crippen LogP) is 2.12. The third kappa shape index (κ3) is 2.81. The molecule has 1 aromatic carbocycles. The number of hydrogen-bond donors (Lipinski definition) is 1. The molecule has 1 N–H and O–H groups in total. The predicted molar refractivity (Wildman–Crippen MR) is 73.0 cm³/mol. The summed E-state index contributed by atoms with van der Waals surface area (Å²) < 4.78 is 49.3. The SMILES string of the molecule is [2H]C([2H])([2H])n1ncc2ccc(NS(=O)(=O)CCCC)cc21. The molecule has 98 valence electrons. The lowest BCUT2D eigenvalue weighted by Gasteiger charge is -2.07. The van der Waals surface area contributed by atoms with Crippen molar-refractivity contribution in [1.29, 1.82) is 0 Å². The number of nitrogens with one attached hydrogen (secondary N) is 1. The molecule has 0 saturated heterocycles. The number of unbranched alkanes of at least 4 members (excludes halogenated alkanes) is 1. The van der Waals surface area contributed by atoms with Gasteiger partial charge in [-0.1, -0.05) is 13.3 Å². The van der Waals surface area contributed by atoms with E-state index in [1.807, 2.05) is 6.92 Å². The number of hydrogen-bond acceptors (Lipinski definition) is 3. The quantitative estimate of drug-likeness (QED) is 0.905. The maximum atomic E-state index is 11.9. The largest absolute Gasteiger partial charge is 0.283 e. The fourth-order valence-corrected chi connectivity index (χ4v) is 2.90. The minimum Gasteiger partial charge on any atom is -0.283 e. The summed E-state index contributed by atoms with van der Waals surface area (Å²) in [5, 5.41) is 4.47. The maximum absolute atomic E-state index is 11.9. The number of rotatable bonds is 5. The van der Waals surface area contributed by atoms with Crippen LogP contribution < -0.4 is 4.72 Å². The van der Waals surface area contributed by atoms with Gasteiger partial charge in [-0.3, -0.25) is 9.40 Å². The first kappa shape index (κ1) is 9.38. The van der Waals surface area contributed by atoms with Crippen molar-refractivity contribution in [2.24, 2.45) is 6.98 Å². The van der Waals surface area contributed by atoms with E-state index >= 15 is 0 Å². The Morgan fingerprint density at radius 1 is 1.50 bits per heavy atom. The minimum absolute atomic E-state index is 0.0417. The first-order chi connectivity index (χ1) is 9.73. The number of aromatic nitrogens is 2. The molecule has 5 nitrogen and oxygen atoms in total. The molecule has 0 spiro atoms. The summed E-state index contributed by atoms with van der Waals surface area (Å²) in [7, 11) is -3.42. The van der Waals surface area contributed by atoms with Crippen LogP contribution in [0, 0.1) is 0 Å². The van der Waals surface area contributed by atoms with Gasteiger partial charge in [0.2, 0.25) is 10.0 Å². The lowest BCUT2D eigenvalue weighted by Crippen LogP contribution is -2.16. The lowest BCUT2D eigenvalue weighted by atomic mass is 10.2. The van der Waals surface area contributed by atoms with Gasteiger partial charge in [-0.15, -0.1) is 0 Å². The third-order valence-corrected chi connectivity index (χ3v) is 3.98. The second-order valence-electron chi connectivity index (χ2n) is 4.10. The van der Waals surface area contributed by atoms with Crippen LogP contribution in [0.1, 0.15) is 23.9 Å². The molecule has 0 radical (unpaired) electrons. The van der Waals surface area contributed by atoms with Crippen LogP contribution in [0.5, 0.6) is 0 Å². The Morgan fingerprint density at radius 3 is 3.06 bits per heavy atom. The van der Waals surface area contributed by atoms with Crippen molar-refractivity contribution in [2.75, 3.05) is 10.5 Å². The van der Waals surface area contributed by atoms with Gasteiger partial charge >= 0.3 is 0 Å². The monoisotopic (exact) mass is 270 g/mol. The Bertz CT molecular complexity index is 738. The Balaban J connectivity index is 2.34. The topological polar surface area (TPSA) is 64.0 Å². The number of nitrogens with zero attached hydrogens (tertiary/aromatic N) is 2. The average Bonchev–Trinajstić information content (AvgIpc) is 2.78. The van der Waals surface area contributed by atoms with E-state index in [0.29, 0.717) is 23.0 Å². The first-order valence-corrected chi connectivity index (χ1v) is 7.37. The van der Waals surface area contributed by atoms with Gasteiger partial charge in [-0.05, 0) is 24.6 Å². The fourth-order valence-electron chi connectivity index (χ4n) is 1.65. The summed E-state index contributed by atoms with van der Waals surface area (Å²) in [4.78, 5) is 0. The van der Waals surface area contributed by atoms with E-state index in [9.17, 15) is 8.42 Å². The molecule has 0 aliphatic heterocycles. The number of aryl methyl sites for hydroxylation is 1. The number of benzene rings is 1. The highest BCUT2D eigenvalue weighted by atomic mass is 32.2. The van der Waals surface area contributed by atoms with Crippen LogP contribution >= 0.6 is 0 Å². The zero-order valence-electron chi connectivity index (χ0n) is 13.0. The maximum Gasteiger partial charge on any atom is 0.232 e. The highest BCUT2D eigenvalue weighted by Crippen LogP contribution is 2.19. The van der Waals surface area contributed by atoms with Gasteiger partial charge in [-0.2, -0.15) is 5.10 Å². The van der Waals surface area contributed by atoms with Crippen molar-refractivity contribution in [1.82, 2.24) is 9.78 Å². The van der Waals surface area contributed by atoms with Crippen LogP contribution in [0.2, 0.25) is 0 Å². The van der Waals surface area contributed by atoms with Crippen molar-refractivity contribution >= 4 is 26.6 Å². The molecule has 0 saturated carbocycles. The molecule has 0 aliphatic rings. The van der Waals surface area contributed by atoms with E-state index in [2.05, 4.69) is 9.82 Å². The molecule has 18 heavy (non-hydrogen) atoms. The smallest absolute Gasteiger partial charge is 0.232 e. The molecule has 0 atom stereocenters. The number of anilines is 1. The minimum atomic E-state index is -3.42. The van der Waals surface area contributed by atoms with E-state index in [-0.39, 0.29) is 5.75 Å². The van der Waals surface area contributed by atoms with Crippen molar-refractivity contribution in [3.05, 3.63) is 24.4 Å². The first-order valence-electron chi connectivity index (χ1n) is 7.22. The molecule has 0 unspecified atom stereocenters. The molecule has 2 aromatic rings. The zero-order chi connectivity index (χ0) is 15.7. The third-order valence-electron chi connectivity index (χ3n) is 2.61. The van der Waals surface area contributed by atoms with Crippen molar-refractivity contribution < 1.29 is 12.5 Å². The Morgan fingerprint density at radius 2 is 2.33 bits per heavy atom. The molecule has 1 heterocycles. The fraction of sp³-hybridized carbons (Fsp3) is 0.417. The van der Waals surface area contributed by atoms with Crippen LogP contribution in [0.25, 0.3) is 10.9 Å². The summed E-state index contributed by atoms with van der Waals surface area (Å²) in [6, 6.07) is 4.72. The summed E-state index contributed by atoms with van der Waals surface area (Å²) >= 11 is 0. The van der Waals surface area contributed by atoms with Gasteiger partial charge in [0.05, 0.1) is 23.2 Å². The highest BCUT2D eigenvalue weighted by Gasteiger charge is 2.10. The zero-order valence-corrected chi connectivity index (χ0v) is 10.9. The van der Waals surface area contributed by atoms with E-state index in [1.54, 1.807) is 12.1 Å². The molecule has 6 heteroatoms. The summed E-state index contributed by atoms with van der Waals surface area (Å²) in [6.07, 6.45) is 2.80. The number of sulfonamides is 1. The molecule has 0 aliphatic carbocycles. The second-order valence-corrected chi connectivity index (χ2v) is 5.95. The molecular weight excluding hydrogens is 250 g/mol. The standard InChI is InChI=1S/C12H17N3O2S/c1-3-4-7-18(16,17)14-11-6-5-10-9-13-15(2)12(10)8-11/h5-6,8-9,14H,3-4,7H2,1-2H3/i2D3. The molecule has 0 bridgehead atoms. The second kappa shape index (κ2) is 4.97. The summed E-state index contributed by atoms with van der Waals surface area (Å²) in [5.74, 6) is 0.0417. The number of fused-ring (bicyclic) bond motifs is 1. The molecule has 1 aromatic heterocycles. The van der Waals surface area contributed by atoms with E-state index in [1.165, 1.54) is 12.3 Å². The van der Waals surface area contributed by atoms with Gasteiger partial charge in [0.15, 0.2) is 0 Å². The van der Waals surface area contributed by atoms with Crippen LogP contribution in [0.4, 0.5) is 5.69 Å². The summed E-state index contributed by atoms with van der Waals surface area (Å²) in [5.41, 5.74) is 0.704. The van der Waals surface area contributed by atoms with Crippen LogP contribution in [-0.4, -0.2) is 24.0 Å². The van der Waals surface area contributed by atoms with Crippen molar-refractivity contribution in [3.8, 4) is 0 Å². The van der Waals surface area contributed by atoms with E-state index in [0.717, 1.165) is 11.1 Å². The average molecular weight is 270 g/mol. The molecule has 2 rings (SSSR count). The summed E-state index contributed by atoms with van der Waals surface area (Å²) in [6.45, 7) is -0.488. The van der Waals surface area contributed by atoms with Crippen LogP contribution in [0.15, 0.2) is 24.4 Å². The Kier molecular flexibility index (Phi) is 2.59. The normalized spacial score (nSPS) is 15.1. The van der Waals surface area contributed by atoms with Crippen LogP contribution in [0.3, 0.4) is 0 Å². The molecular formula is C12H17N3O2S. The van der Waals surface area contributed by atoms with E-state index in [4.69, 9.17) is 4.11 Å². The lowest BCUT2D eigenvalue weighted by molar-refractivity contribution is 0.598. The van der Waals surface area contributed by atoms with Gasteiger partial charge in [0, 0.05) is 16.5 Å². The van der Waals surface area contributed by atoms with Gasteiger partial charge in [0.25, 0.3) is 0 Å². The van der Waals surface area contributed by atoms with Crippen molar-refractivity contribution in [2.45, 2.75) is 19.8 Å².